The van der Waals surface area contributed by atoms with E-state index >= 15 is 0 Å². The van der Waals surface area contributed by atoms with Crippen molar-refractivity contribution in [3.63, 3.8) is 0 Å². The molecule has 0 bridgehead atoms. The van der Waals surface area contributed by atoms with Gasteiger partial charge in [-0.05, 0) is 25.1 Å². The summed E-state index contributed by atoms with van der Waals surface area (Å²) >= 11 is 0. The minimum absolute atomic E-state index is 0.0424. The summed E-state index contributed by atoms with van der Waals surface area (Å²) in [5.41, 5.74) is 3.22. The Morgan fingerprint density at radius 3 is 2.69 bits per heavy atom. The molecule has 1 aromatic heterocycles. The first kappa shape index (κ1) is 16.5. The topological polar surface area (TPSA) is 68.5 Å². The maximum Gasteiger partial charge on any atom is 0.259 e. The SMILES string of the molecule is Cc1cccc(-c2noc(-c3ccccc3C(=O)N3CCOCC3)n2)c1. The molecule has 1 amide bonds. The molecule has 4 rings (SSSR count). The largest absolute Gasteiger partial charge is 0.378 e. The zero-order chi connectivity index (χ0) is 17.9. The van der Waals surface area contributed by atoms with E-state index in [2.05, 4.69) is 10.1 Å². The fraction of sp³-hybridized carbons (Fsp3) is 0.250. The van der Waals surface area contributed by atoms with E-state index in [-0.39, 0.29) is 5.91 Å². The summed E-state index contributed by atoms with van der Waals surface area (Å²) in [6.45, 7) is 4.32. The second-order valence-corrected chi connectivity index (χ2v) is 6.24. The van der Waals surface area contributed by atoms with E-state index < -0.39 is 0 Å². The van der Waals surface area contributed by atoms with Crippen molar-refractivity contribution in [3.8, 4) is 22.8 Å². The average Bonchev–Trinajstić information content (AvgIpc) is 3.18. The second kappa shape index (κ2) is 7.09. The van der Waals surface area contributed by atoms with Gasteiger partial charge in [-0.25, -0.2) is 0 Å². The maximum absolute atomic E-state index is 12.9. The van der Waals surface area contributed by atoms with E-state index in [0.717, 1.165) is 11.1 Å². The van der Waals surface area contributed by atoms with Crippen LogP contribution in [0.4, 0.5) is 0 Å². The lowest BCUT2D eigenvalue weighted by molar-refractivity contribution is 0.0303. The van der Waals surface area contributed by atoms with Crippen molar-refractivity contribution in [1.29, 1.82) is 0 Å². The Balaban J connectivity index is 1.67. The molecular formula is C20H19N3O3. The highest BCUT2D eigenvalue weighted by Gasteiger charge is 2.23. The van der Waals surface area contributed by atoms with Crippen LogP contribution < -0.4 is 0 Å². The molecule has 6 nitrogen and oxygen atoms in total. The number of benzene rings is 2. The minimum Gasteiger partial charge on any atom is -0.378 e. The molecule has 0 aliphatic carbocycles. The lowest BCUT2D eigenvalue weighted by atomic mass is 10.1. The molecule has 0 N–H and O–H groups in total. The number of amides is 1. The molecule has 0 spiro atoms. The maximum atomic E-state index is 12.9. The van der Waals surface area contributed by atoms with Crippen LogP contribution >= 0.6 is 0 Å². The minimum atomic E-state index is -0.0424. The predicted octanol–water partition coefficient (Wildman–Crippen LogP) is 3.18. The quantitative estimate of drug-likeness (QED) is 0.726. The van der Waals surface area contributed by atoms with Gasteiger partial charge in [0.1, 0.15) is 0 Å². The fourth-order valence-corrected chi connectivity index (χ4v) is 3.03. The average molecular weight is 349 g/mol. The first-order valence-electron chi connectivity index (χ1n) is 8.59. The van der Waals surface area contributed by atoms with Gasteiger partial charge in [0, 0.05) is 18.7 Å². The van der Waals surface area contributed by atoms with Gasteiger partial charge in [-0.2, -0.15) is 4.98 Å². The third-order valence-electron chi connectivity index (χ3n) is 4.39. The first-order valence-corrected chi connectivity index (χ1v) is 8.59. The van der Waals surface area contributed by atoms with Gasteiger partial charge < -0.3 is 14.2 Å². The van der Waals surface area contributed by atoms with Crippen LogP contribution in [0.2, 0.25) is 0 Å². The number of hydrogen-bond acceptors (Lipinski definition) is 5. The van der Waals surface area contributed by atoms with Gasteiger partial charge in [0.15, 0.2) is 0 Å². The smallest absolute Gasteiger partial charge is 0.259 e. The molecule has 1 fully saturated rings. The van der Waals surface area contributed by atoms with Crippen molar-refractivity contribution >= 4 is 5.91 Å². The molecule has 0 atom stereocenters. The summed E-state index contributed by atoms with van der Waals surface area (Å²) < 4.78 is 10.8. The van der Waals surface area contributed by atoms with Crippen LogP contribution in [0.3, 0.4) is 0 Å². The van der Waals surface area contributed by atoms with E-state index in [0.29, 0.717) is 49.1 Å². The molecule has 1 saturated heterocycles. The van der Waals surface area contributed by atoms with Crippen LogP contribution in [0.1, 0.15) is 15.9 Å². The summed E-state index contributed by atoms with van der Waals surface area (Å²) in [6, 6.07) is 15.2. The van der Waals surface area contributed by atoms with Gasteiger partial charge in [-0.3, -0.25) is 4.79 Å². The molecule has 26 heavy (non-hydrogen) atoms. The molecule has 6 heteroatoms. The summed E-state index contributed by atoms with van der Waals surface area (Å²) in [5.74, 6) is 0.815. The summed E-state index contributed by atoms with van der Waals surface area (Å²) in [7, 11) is 0. The Morgan fingerprint density at radius 2 is 1.88 bits per heavy atom. The molecule has 0 radical (unpaired) electrons. The zero-order valence-electron chi connectivity index (χ0n) is 14.5. The zero-order valence-corrected chi connectivity index (χ0v) is 14.5. The van der Waals surface area contributed by atoms with Gasteiger partial charge in [-0.15, -0.1) is 0 Å². The van der Waals surface area contributed by atoms with Crippen LogP contribution in [-0.4, -0.2) is 47.3 Å². The molecule has 3 aromatic rings. The number of morpholine rings is 1. The van der Waals surface area contributed by atoms with Crippen LogP contribution in [0.15, 0.2) is 53.1 Å². The van der Waals surface area contributed by atoms with Crippen LogP contribution in [0.25, 0.3) is 22.8 Å². The van der Waals surface area contributed by atoms with E-state index in [1.165, 1.54) is 0 Å². The van der Waals surface area contributed by atoms with Crippen molar-refractivity contribution < 1.29 is 14.1 Å². The van der Waals surface area contributed by atoms with E-state index in [1.807, 2.05) is 49.4 Å². The highest BCUT2D eigenvalue weighted by molar-refractivity contribution is 6.00. The standard InChI is InChI=1S/C20H19N3O3/c1-14-5-4-6-15(13-14)18-21-19(26-22-18)16-7-2-3-8-17(16)20(24)23-9-11-25-12-10-23/h2-8,13H,9-12H2,1H3. The summed E-state index contributed by atoms with van der Waals surface area (Å²) in [6.07, 6.45) is 0. The lowest BCUT2D eigenvalue weighted by Crippen LogP contribution is -2.40. The van der Waals surface area contributed by atoms with E-state index in [1.54, 1.807) is 11.0 Å². The number of ether oxygens (including phenoxy) is 1. The Kier molecular flexibility index (Phi) is 4.50. The summed E-state index contributed by atoms with van der Waals surface area (Å²) in [5, 5.41) is 4.09. The number of aryl methyl sites for hydroxylation is 1. The molecule has 0 saturated carbocycles. The highest BCUT2D eigenvalue weighted by Crippen LogP contribution is 2.26. The Morgan fingerprint density at radius 1 is 1.08 bits per heavy atom. The van der Waals surface area contributed by atoms with Crippen LogP contribution in [0.5, 0.6) is 0 Å². The number of rotatable bonds is 3. The van der Waals surface area contributed by atoms with Gasteiger partial charge in [0.05, 0.1) is 24.3 Å². The monoisotopic (exact) mass is 349 g/mol. The van der Waals surface area contributed by atoms with Crippen molar-refractivity contribution in [3.05, 3.63) is 59.7 Å². The number of carbonyl (C=O) groups is 1. The van der Waals surface area contributed by atoms with Crippen molar-refractivity contribution in [2.45, 2.75) is 6.92 Å². The molecule has 0 unspecified atom stereocenters. The molecule has 1 aliphatic heterocycles. The van der Waals surface area contributed by atoms with Crippen molar-refractivity contribution in [2.75, 3.05) is 26.3 Å². The van der Waals surface area contributed by atoms with Crippen LogP contribution in [0, 0.1) is 6.92 Å². The van der Waals surface area contributed by atoms with Gasteiger partial charge >= 0.3 is 0 Å². The molecule has 2 heterocycles. The van der Waals surface area contributed by atoms with E-state index in [4.69, 9.17) is 9.26 Å². The Hall–Kier alpha value is -2.99. The van der Waals surface area contributed by atoms with E-state index in [9.17, 15) is 4.79 Å². The molecule has 2 aromatic carbocycles. The third kappa shape index (κ3) is 3.23. The lowest BCUT2D eigenvalue weighted by Gasteiger charge is -2.27. The fourth-order valence-electron chi connectivity index (χ4n) is 3.03. The van der Waals surface area contributed by atoms with Crippen molar-refractivity contribution in [2.24, 2.45) is 0 Å². The normalized spacial score (nSPS) is 14.4. The molecular weight excluding hydrogens is 330 g/mol. The first-order chi connectivity index (χ1) is 12.7. The van der Waals surface area contributed by atoms with Gasteiger partial charge in [-0.1, -0.05) is 41.1 Å². The van der Waals surface area contributed by atoms with Gasteiger partial charge in [0.2, 0.25) is 5.82 Å². The van der Waals surface area contributed by atoms with Crippen LogP contribution in [-0.2, 0) is 4.74 Å². The highest BCUT2D eigenvalue weighted by atomic mass is 16.5. The Bertz CT molecular complexity index is 929. The van der Waals surface area contributed by atoms with Gasteiger partial charge in [0.25, 0.3) is 11.8 Å². The Labute approximate surface area is 151 Å². The second-order valence-electron chi connectivity index (χ2n) is 6.24. The number of nitrogens with zero attached hydrogens (tertiary/aromatic N) is 3. The third-order valence-corrected chi connectivity index (χ3v) is 4.39. The number of carbonyl (C=O) groups excluding carboxylic acids is 1. The number of aromatic nitrogens is 2. The summed E-state index contributed by atoms with van der Waals surface area (Å²) in [4.78, 5) is 19.2. The molecule has 1 aliphatic rings. The predicted molar refractivity (Wildman–Crippen MR) is 96.6 cm³/mol. The number of hydrogen-bond donors (Lipinski definition) is 0. The molecule has 132 valence electrons. The van der Waals surface area contributed by atoms with Crippen molar-refractivity contribution in [1.82, 2.24) is 15.0 Å².